The SMILES string of the molecule is O=C(CC1CCC(c2nccc3ccccc23)CC1)Nc1ccc(Cl)cc1. The standard InChI is InChI=1S/C23H23ClN2O/c24-19-9-11-20(12-10-19)26-22(27)15-16-5-7-18(8-6-16)23-21-4-2-1-3-17(21)13-14-25-23/h1-4,9-14,16,18H,5-8,15H2,(H,26,27). The zero-order chi connectivity index (χ0) is 18.6. The molecule has 4 rings (SSSR count). The molecule has 0 unspecified atom stereocenters. The first-order valence-electron chi connectivity index (χ1n) is 9.58. The molecule has 27 heavy (non-hydrogen) atoms. The van der Waals surface area contributed by atoms with Crippen LogP contribution in [-0.4, -0.2) is 10.9 Å². The molecule has 2 aromatic carbocycles. The third kappa shape index (κ3) is 4.30. The van der Waals surface area contributed by atoms with E-state index in [9.17, 15) is 4.79 Å². The summed E-state index contributed by atoms with van der Waals surface area (Å²) in [6, 6.07) is 17.8. The monoisotopic (exact) mass is 378 g/mol. The number of halogens is 1. The number of carbonyl (C=O) groups excluding carboxylic acids is 1. The van der Waals surface area contributed by atoms with Gasteiger partial charge in [-0.2, -0.15) is 0 Å². The molecule has 3 aromatic rings. The molecule has 3 nitrogen and oxygen atoms in total. The molecular formula is C23H23ClN2O. The summed E-state index contributed by atoms with van der Waals surface area (Å²) in [5.41, 5.74) is 2.02. The van der Waals surface area contributed by atoms with Gasteiger partial charge >= 0.3 is 0 Å². The zero-order valence-electron chi connectivity index (χ0n) is 15.2. The molecule has 1 aliphatic carbocycles. The van der Waals surface area contributed by atoms with Crippen LogP contribution in [0, 0.1) is 5.92 Å². The third-order valence-corrected chi connectivity index (χ3v) is 5.79. The largest absolute Gasteiger partial charge is 0.326 e. The Bertz CT molecular complexity index is 925. The molecule has 0 aliphatic heterocycles. The Morgan fingerprint density at radius 3 is 2.52 bits per heavy atom. The molecule has 1 amide bonds. The van der Waals surface area contributed by atoms with Crippen LogP contribution in [0.5, 0.6) is 0 Å². The van der Waals surface area contributed by atoms with Gasteiger partial charge in [0.15, 0.2) is 0 Å². The fraction of sp³-hybridized carbons (Fsp3) is 0.304. The van der Waals surface area contributed by atoms with Crippen molar-refractivity contribution in [2.75, 3.05) is 5.32 Å². The maximum atomic E-state index is 12.3. The number of aromatic nitrogens is 1. The van der Waals surface area contributed by atoms with E-state index in [0.717, 1.165) is 31.4 Å². The van der Waals surface area contributed by atoms with Crippen molar-refractivity contribution >= 4 is 34.0 Å². The van der Waals surface area contributed by atoms with Gasteiger partial charge in [-0.1, -0.05) is 35.9 Å². The Labute approximate surface area is 164 Å². The van der Waals surface area contributed by atoms with Crippen LogP contribution >= 0.6 is 11.6 Å². The lowest BCUT2D eigenvalue weighted by molar-refractivity contribution is -0.117. The second-order valence-corrected chi connectivity index (χ2v) is 7.83. The minimum Gasteiger partial charge on any atom is -0.326 e. The zero-order valence-corrected chi connectivity index (χ0v) is 16.0. The van der Waals surface area contributed by atoms with Gasteiger partial charge in [0.1, 0.15) is 0 Å². The number of hydrogen-bond donors (Lipinski definition) is 1. The number of pyridine rings is 1. The van der Waals surface area contributed by atoms with Crippen molar-refractivity contribution in [1.29, 1.82) is 0 Å². The minimum absolute atomic E-state index is 0.0871. The molecule has 1 aromatic heterocycles. The van der Waals surface area contributed by atoms with Crippen molar-refractivity contribution < 1.29 is 4.79 Å². The van der Waals surface area contributed by atoms with Crippen LogP contribution in [0.25, 0.3) is 10.8 Å². The van der Waals surface area contributed by atoms with Crippen LogP contribution < -0.4 is 5.32 Å². The number of anilines is 1. The van der Waals surface area contributed by atoms with E-state index in [0.29, 0.717) is 23.3 Å². The molecule has 1 saturated carbocycles. The number of hydrogen-bond acceptors (Lipinski definition) is 2. The van der Waals surface area contributed by atoms with Gasteiger partial charge in [0, 0.05) is 34.6 Å². The van der Waals surface area contributed by atoms with Crippen molar-refractivity contribution in [3.05, 3.63) is 71.5 Å². The topological polar surface area (TPSA) is 42.0 Å². The summed E-state index contributed by atoms with van der Waals surface area (Å²) in [5.74, 6) is 1.03. The summed E-state index contributed by atoms with van der Waals surface area (Å²) in [7, 11) is 0. The van der Waals surface area contributed by atoms with Crippen molar-refractivity contribution in [2.45, 2.75) is 38.0 Å². The highest BCUT2D eigenvalue weighted by Gasteiger charge is 2.25. The van der Waals surface area contributed by atoms with E-state index in [2.05, 4.69) is 40.6 Å². The van der Waals surface area contributed by atoms with E-state index >= 15 is 0 Å². The molecule has 4 heteroatoms. The summed E-state index contributed by atoms with van der Waals surface area (Å²) >= 11 is 5.89. The summed E-state index contributed by atoms with van der Waals surface area (Å²) in [4.78, 5) is 17.0. The molecule has 0 atom stereocenters. The number of fused-ring (bicyclic) bond motifs is 1. The molecule has 0 saturated heterocycles. The van der Waals surface area contributed by atoms with E-state index in [4.69, 9.17) is 11.6 Å². The molecule has 1 aliphatic rings. The van der Waals surface area contributed by atoms with Crippen molar-refractivity contribution in [3.63, 3.8) is 0 Å². The smallest absolute Gasteiger partial charge is 0.224 e. The molecule has 138 valence electrons. The van der Waals surface area contributed by atoms with Crippen molar-refractivity contribution in [2.24, 2.45) is 5.92 Å². The Morgan fingerprint density at radius 1 is 1.00 bits per heavy atom. The Hall–Kier alpha value is -2.39. The van der Waals surface area contributed by atoms with Crippen molar-refractivity contribution in [3.8, 4) is 0 Å². The van der Waals surface area contributed by atoms with Gasteiger partial charge < -0.3 is 5.32 Å². The van der Waals surface area contributed by atoms with Crippen LogP contribution in [0.1, 0.15) is 43.7 Å². The second kappa shape index (κ2) is 8.10. The van der Waals surface area contributed by atoms with Gasteiger partial charge in [0.05, 0.1) is 5.69 Å². The number of nitrogens with one attached hydrogen (secondary N) is 1. The lowest BCUT2D eigenvalue weighted by atomic mass is 9.78. The van der Waals surface area contributed by atoms with E-state index < -0.39 is 0 Å². The average Bonchev–Trinajstić information content (AvgIpc) is 2.70. The summed E-state index contributed by atoms with van der Waals surface area (Å²) in [6.07, 6.45) is 6.84. The summed E-state index contributed by atoms with van der Waals surface area (Å²) < 4.78 is 0. The summed E-state index contributed by atoms with van der Waals surface area (Å²) in [6.45, 7) is 0. The molecule has 0 bridgehead atoms. The summed E-state index contributed by atoms with van der Waals surface area (Å²) in [5, 5.41) is 6.17. The van der Waals surface area contributed by atoms with Crippen LogP contribution in [-0.2, 0) is 4.79 Å². The molecule has 0 spiro atoms. The Kier molecular flexibility index (Phi) is 5.40. The molecule has 1 N–H and O–H groups in total. The van der Waals surface area contributed by atoms with E-state index in [1.807, 2.05) is 18.3 Å². The lowest BCUT2D eigenvalue weighted by Crippen LogP contribution is -2.21. The third-order valence-electron chi connectivity index (χ3n) is 5.54. The first-order chi connectivity index (χ1) is 13.2. The predicted molar refractivity (Wildman–Crippen MR) is 111 cm³/mol. The van der Waals surface area contributed by atoms with Crippen molar-refractivity contribution in [1.82, 2.24) is 4.98 Å². The highest BCUT2D eigenvalue weighted by molar-refractivity contribution is 6.30. The van der Waals surface area contributed by atoms with Crippen LogP contribution in [0.15, 0.2) is 60.8 Å². The number of carbonyl (C=O) groups is 1. The second-order valence-electron chi connectivity index (χ2n) is 7.39. The maximum absolute atomic E-state index is 12.3. The Morgan fingerprint density at radius 2 is 1.74 bits per heavy atom. The highest BCUT2D eigenvalue weighted by atomic mass is 35.5. The van der Waals surface area contributed by atoms with Crippen LogP contribution in [0.3, 0.4) is 0 Å². The number of amides is 1. The molecule has 1 heterocycles. The molecule has 0 radical (unpaired) electrons. The molecular weight excluding hydrogens is 356 g/mol. The quantitative estimate of drug-likeness (QED) is 0.588. The minimum atomic E-state index is 0.0871. The van der Waals surface area contributed by atoms with Gasteiger partial charge in [-0.3, -0.25) is 9.78 Å². The predicted octanol–water partition coefficient (Wildman–Crippen LogP) is 6.19. The average molecular weight is 379 g/mol. The first-order valence-corrected chi connectivity index (χ1v) is 9.96. The maximum Gasteiger partial charge on any atom is 0.224 e. The normalized spacial score (nSPS) is 19.7. The number of benzene rings is 2. The van der Waals surface area contributed by atoms with E-state index in [-0.39, 0.29) is 5.91 Å². The van der Waals surface area contributed by atoms with Gasteiger partial charge in [-0.25, -0.2) is 0 Å². The lowest BCUT2D eigenvalue weighted by Gasteiger charge is -2.28. The van der Waals surface area contributed by atoms with Gasteiger partial charge in [0.2, 0.25) is 5.91 Å². The van der Waals surface area contributed by atoms with E-state index in [1.165, 1.54) is 16.5 Å². The highest BCUT2D eigenvalue weighted by Crippen LogP contribution is 2.38. The number of rotatable bonds is 4. The van der Waals surface area contributed by atoms with Crippen LogP contribution in [0.2, 0.25) is 5.02 Å². The van der Waals surface area contributed by atoms with Gasteiger partial charge in [0.25, 0.3) is 0 Å². The fourth-order valence-electron chi connectivity index (χ4n) is 4.12. The Balaban J connectivity index is 1.34. The number of nitrogens with zero attached hydrogens (tertiary/aromatic N) is 1. The first kappa shape index (κ1) is 18.0. The fourth-order valence-corrected chi connectivity index (χ4v) is 4.24. The van der Waals surface area contributed by atoms with Gasteiger partial charge in [-0.15, -0.1) is 0 Å². The van der Waals surface area contributed by atoms with Crippen LogP contribution in [0.4, 0.5) is 5.69 Å². The van der Waals surface area contributed by atoms with Gasteiger partial charge in [-0.05, 0) is 67.3 Å². The van der Waals surface area contributed by atoms with E-state index in [1.54, 1.807) is 12.1 Å². The molecule has 1 fully saturated rings.